The van der Waals surface area contributed by atoms with Crippen molar-refractivity contribution >= 4 is 16.9 Å². The van der Waals surface area contributed by atoms with Crippen LogP contribution in [0.25, 0.3) is 28.0 Å². The normalized spacial score (nSPS) is 14.5. The van der Waals surface area contributed by atoms with E-state index in [1.54, 1.807) is 6.20 Å². The molecule has 1 aliphatic rings. The molecule has 0 radical (unpaired) electrons. The number of anilines is 1. The zero-order chi connectivity index (χ0) is 18.9. The molecule has 0 saturated carbocycles. The van der Waals surface area contributed by atoms with Crippen molar-refractivity contribution in [2.24, 2.45) is 0 Å². The number of morpholine rings is 1. The zero-order valence-corrected chi connectivity index (χ0v) is 15.6. The molecule has 0 unspecified atom stereocenters. The third kappa shape index (κ3) is 2.99. The van der Waals surface area contributed by atoms with E-state index in [9.17, 15) is 0 Å². The number of fused-ring (bicyclic) bond motifs is 1. The minimum Gasteiger partial charge on any atom is -0.378 e. The van der Waals surface area contributed by atoms with E-state index < -0.39 is 0 Å². The van der Waals surface area contributed by atoms with Gasteiger partial charge in [0.15, 0.2) is 0 Å². The van der Waals surface area contributed by atoms with Gasteiger partial charge in [0.2, 0.25) is 5.95 Å². The summed E-state index contributed by atoms with van der Waals surface area (Å²) in [6.07, 6.45) is 9.30. The fourth-order valence-electron chi connectivity index (χ4n) is 3.48. The Morgan fingerprint density at radius 2 is 1.75 bits per heavy atom. The highest BCUT2D eigenvalue weighted by Gasteiger charge is 2.17. The van der Waals surface area contributed by atoms with Crippen LogP contribution in [0.5, 0.6) is 0 Å². The van der Waals surface area contributed by atoms with Crippen LogP contribution in [0.4, 0.5) is 5.95 Å². The summed E-state index contributed by atoms with van der Waals surface area (Å²) in [4.78, 5) is 20.3. The lowest BCUT2D eigenvalue weighted by molar-refractivity contribution is 0.122. The average Bonchev–Trinajstić information content (AvgIpc) is 3.15. The SMILES string of the molecule is Cc1ccc(-n2c(-c3cnc(N4CCOCC4)nc3)cc3ccncc32)nc1. The van der Waals surface area contributed by atoms with Gasteiger partial charge in [0.1, 0.15) is 5.82 Å². The Bertz CT molecular complexity index is 1100. The first-order valence-electron chi connectivity index (χ1n) is 9.33. The third-order valence-corrected chi connectivity index (χ3v) is 4.96. The summed E-state index contributed by atoms with van der Waals surface area (Å²) >= 11 is 0. The van der Waals surface area contributed by atoms with Gasteiger partial charge in [0.25, 0.3) is 0 Å². The Balaban J connectivity index is 1.60. The van der Waals surface area contributed by atoms with Gasteiger partial charge in [-0.25, -0.2) is 15.0 Å². The van der Waals surface area contributed by atoms with E-state index in [1.165, 1.54) is 0 Å². The van der Waals surface area contributed by atoms with E-state index in [2.05, 4.69) is 41.5 Å². The average molecular weight is 372 g/mol. The van der Waals surface area contributed by atoms with Crippen LogP contribution in [0.3, 0.4) is 0 Å². The minimum absolute atomic E-state index is 0.714. The number of ether oxygens (including phenoxy) is 1. The molecule has 140 valence electrons. The van der Waals surface area contributed by atoms with Crippen LogP contribution in [0.1, 0.15) is 5.56 Å². The van der Waals surface area contributed by atoms with Crippen molar-refractivity contribution in [1.82, 2.24) is 24.5 Å². The van der Waals surface area contributed by atoms with Crippen LogP contribution < -0.4 is 4.90 Å². The molecule has 0 aliphatic carbocycles. The highest BCUT2D eigenvalue weighted by Crippen LogP contribution is 2.30. The van der Waals surface area contributed by atoms with Crippen molar-refractivity contribution in [1.29, 1.82) is 0 Å². The van der Waals surface area contributed by atoms with Crippen molar-refractivity contribution in [2.75, 3.05) is 31.2 Å². The van der Waals surface area contributed by atoms with Gasteiger partial charge in [-0.15, -0.1) is 0 Å². The number of pyridine rings is 2. The zero-order valence-electron chi connectivity index (χ0n) is 15.6. The van der Waals surface area contributed by atoms with Crippen LogP contribution in [0.15, 0.2) is 55.2 Å². The highest BCUT2D eigenvalue weighted by atomic mass is 16.5. The molecule has 1 saturated heterocycles. The van der Waals surface area contributed by atoms with E-state index in [1.807, 2.05) is 43.8 Å². The molecule has 28 heavy (non-hydrogen) atoms. The molecule has 4 aromatic heterocycles. The molecule has 0 bridgehead atoms. The lowest BCUT2D eigenvalue weighted by Crippen LogP contribution is -2.37. The Morgan fingerprint density at radius 1 is 0.929 bits per heavy atom. The Labute approximate surface area is 162 Å². The fraction of sp³-hybridized carbons (Fsp3) is 0.238. The Morgan fingerprint density at radius 3 is 2.50 bits per heavy atom. The second-order valence-electron chi connectivity index (χ2n) is 6.86. The van der Waals surface area contributed by atoms with Gasteiger partial charge >= 0.3 is 0 Å². The van der Waals surface area contributed by atoms with Gasteiger partial charge in [-0.1, -0.05) is 6.07 Å². The molecule has 5 heterocycles. The second kappa shape index (κ2) is 7.01. The number of rotatable bonds is 3. The van der Waals surface area contributed by atoms with E-state index in [0.717, 1.165) is 52.6 Å². The molecule has 7 heteroatoms. The van der Waals surface area contributed by atoms with Crippen molar-refractivity contribution < 1.29 is 4.74 Å². The summed E-state index contributed by atoms with van der Waals surface area (Å²) in [5.41, 5.74) is 4.06. The van der Waals surface area contributed by atoms with Gasteiger partial charge in [0, 0.05) is 48.8 Å². The van der Waals surface area contributed by atoms with Crippen LogP contribution >= 0.6 is 0 Å². The summed E-state index contributed by atoms with van der Waals surface area (Å²) < 4.78 is 7.51. The first kappa shape index (κ1) is 16.8. The van der Waals surface area contributed by atoms with E-state index in [4.69, 9.17) is 4.74 Å². The predicted molar refractivity (Wildman–Crippen MR) is 108 cm³/mol. The Hall–Kier alpha value is -3.32. The second-order valence-corrected chi connectivity index (χ2v) is 6.86. The van der Waals surface area contributed by atoms with E-state index in [0.29, 0.717) is 13.2 Å². The number of nitrogens with zero attached hydrogens (tertiary/aromatic N) is 6. The molecule has 4 aromatic rings. The molecule has 0 atom stereocenters. The maximum atomic E-state index is 5.41. The lowest BCUT2D eigenvalue weighted by Gasteiger charge is -2.26. The summed E-state index contributed by atoms with van der Waals surface area (Å²) in [6, 6.07) is 8.22. The van der Waals surface area contributed by atoms with Crippen molar-refractivity contribution in [3.8, 4) is 17.1 Å². The number of hydrogen-bond donors (Lipinski definition) is 0. The first-order valence-corrected chi connectivity index (χ1v) is 9.33. The summed E-state index contributed by atoms with van der Waals surface area (Å²) in [5, 5.41) is 1.10. The minimum atomic E-state index is 0.714. The molecule has 1 aliphatic heterocycles. The number of aryl methyl sites for hydroxylation is 1. The largest absolute Gasteiger partial charge is 0.378 e. The molecule has 5 rings (SSSR count). The molecule has 1 fully saturated rings. The summed E-state index contributed by atoms with van der Waals surface area (Å²) in [6.45, 7) is 5.10. The highest BCUT2D eigenvalue weighted by molar-refractivity contribution is 5.88. The van der Waals surface area contributed by atoms with Gasteiger partial charge in [-0.2, -0.15) is 0 Å². The molecule has 0 amide bonds. The molecular weight excluding hydrogens is 352 g/mol. The molecule has 7 nitrogen and oxygen atoms in total. The van der Waals surface area contributed by atoms with Crippen molar-refractivity contribution in [3.05, 3.63) is 60.8 Å². The van der Waals surface area contributed by atoms with Gasteiger partial charge in [-0.3, -0.25) is 9.55 Å². The van der Waals surface area contributed by atoms with Crippen molar-refractivity contribution in [3.63, 3.8) is 0 Å². The maximum absolute atomic E-state index is 5.41. The third-order valence-electron chi connectivity index (χ3n) is 4.96. The first-order chi connectivity index (χ1) is 13.8. The fourth-order valence-corrected chi connectivity index (χ4v) is 3.48. The predicted octanol–water partition coefficient (Wildman–Crippen LogP) is 3.02. The summed E-state index contributed by atoms with van der Waals surface area (Å²) in [7, 11) is 0. The van der Waals surface area contributed by atoms with Crippen LogP contribution in [-0.2, 0) is 4.74 Å². The smallest absolute Gasteiger partial charge is 0.225 e. The molecule has 0 spiro atoms. The molecule has 0 aromatic carbocycles. The molecule has 0 N–H and O–H groups in total. The maximum Gasteiger partial charge on any atom is 0.225 e. The lowest BCUT2D eigenvalue weighted by atomic mass is 10.2. The molecular formula is C21H20N6O. The standard InChI is InChI=1S/C21H20N6O/c1-15-2-3-20(23-11-15)27-18(10-16-4-5-22-14-19(16)27)17-12-24-21(25-13-17)26-6-8-28-9-7-26/h2-5,10-14H,6-9H2,1H3. The van der Waals surface area contributed by atoms with Crippen LogP contribution in [-0.4, -0.2) is 50.8 Å². The van der Waals surface area contributed by atoms with Gasteiger partial charge in [-0.05, 0) is 30.7 Å². The van der Waals surface area contributed by atoms with E-state index in [-0.39, 0.29) is 0 Å². The number of aromatic nitrogens is 5. The van der Waals surface area contributed by atoms with Crippen LogP contribution in [0, 0.1) is 6.92 Å². The van der Waals surface area contributed by atoms with Gasteiger partial charge in [0.05, 0.1) is 30.6 Å². The number of hydrogen-bond acceptors (Lipinski definition) is 6. The monoisotopic (exact) mass is 372 g/mol. The van der Waals surface area contributed by atoms with Gasteiger partial charge < -0.3 is 9.64 Å². The summed E-state index contributed by atoms with van der Waals surface area (Å²) in [5.74, 6) is 1.59. The quantitative estimate of drug-likeness (QED) is 0.551. The topological polar surface area (TPSA) is 69.0 Å². The van der Waals surface area contributed by atoms with Crippen molar-refractivity contribution in [2.45, 2.75) is 6.92 Å². The van der Waals surface area contributed by atoms with E-state index >= 15 is 0 Å². The Kier molecular flexibility index (Phi) is 4.21. The van der Waals surface area contributed by atoms with Crippen LogP contribution in [0.2, 0.25) is 0 Å².